The van der Waals surface area contributed by atoms with Crippen molar-refractivity contribution in [3.8, 4) is 0 Å². The molecule has 2 aliphatic rings. The van der Waals surface area contributed by atoms with Crippen molar-refractivity contribution in [2.24, 2.45) is 0 Å². The minimum Gasteiger partial charge on any atom is -0.367 e. The van der Waals surface area contributed by atoms with Gasteiger partial charge < -0.3 is 15.1 Å². The van der Waals surface area contributed by atoms with Crippen molar-refractivity contribution < 1.29 is 9.18 Å². The largest absolute Gasteiger partial charge is 0.367 e. The Labute approximate surface area is 134 Å². The lowest BCUT2D eigenvalue weighted by atomic mass is 10.0. The molecule has 23 heavy (non-hydrogen) atoms. The van der Waals surface area contributed by atoms with Gasteiger partial charge in [-0.25, -0.2) is 9.18 Å². The van der Waals surface area contributed by atoms with E-state index >= 15 is 0 Å². The third kappa shape index (κ3) is 2.20. The van der Waals surface area contributed by atoms with E-state index in [1.165, 1.54) is 6.07 Å². The number of nitrogens with one attached hydrogen (secondary N) is 1. The van der Waals surface area contributed by atoms with Gasteiger partial charge in [-0.2, -0.15) is 0 Å². The molecule has 0 radical (unpaired) electrons. The highest BCUT2D eigenvalue weighted by Gasteiger charge is 2.36. The van der Waals surface area contributed by atoms with Crippen molar-refractivity contribution >= 4 is 22.6 Å². The number of fused-ring (bicyclic) bond motifs is 2. The molecule has 1 N–H and O–H groups in total. The second-order valence-electron chi connectivity index (χ2n) is 6.31. The van der Waals surface area contributed by atoms with Crippen molar-refractivity contribution in [1.29, 1.82) is 0 Å². The number of rotatable bonds is 1. The van der Waals surface area contributed by atoms with Gasteiger partial charge in [0.1, 0.15) is 5.82 Å². The molecule has 120 valence electrons. The molecule has 0 bridgehead atoms. The molecule has 2 fully saturated rings. The van der Waals surface area contributed by atoms with E-state index in [1.807, 2.05) is 18.7 Å². The zero-order valence-electron chi connectivity index (χ0n) is 13.3. The molecule has 0 spiro atoms. The van der Waals surface area contributed by atoms with Gasteiger partial charge in [0.2, 0.25) is 0 Å². The predicted molar refractivity (Wildman–Crippen MR) is 87.3 cm³/mol. The van der Waals surface area contributed by atoms with Crippen molar-refractivity contribution in [3.05, 3.63) is 35.3 Å². The maximum atomic E-state index is 13.8. The van der Waals surface area contributed by atoms with Gasteiger partial charge in [0.25, 0.3) is 0 Å². The number of aryl methyl sites for hydroxylation is 1. The zero-order chi connectivity index (χ0) is 16.1. The summed E-state index contributed by atoms with van der Waals surface area (Å²) in [6, 6.07) is 4.94. The Morgan fingerprint density at radius 1 is 1.30 bits per heavy atom. The molecule has 2 aliphatic heterocycles. The Balaban J connectivity index is 1.80. The first-order valence-electron chi connectivity index (χ1n) is 7.90. The molecule has 0 aliphatic carbocycles. The van der Waals surface area contributed by atoms with E-state index in [0.29, 0.717) is 13.1 Å². The lowest BCUT2D eigenvalue weighted by Gasteiger charge is -2.39. The van der Waals surface area contributed by atoms with Gasteiger partial charge in [-0.1, -0.05) is 0 Å². The normalized spacial score (nSPS) is 20.8. The van der Waals surface area contributed by atoms with E-state index in [0.717, 1.165) is 40.9 Å². The maximum absolute atomic E-state index is 13.8. The molecule has 6 heteroatoms. The van der Waals surface area contributed by atoms with E-state index in [1.54, 1.807) is 12.1 Å². The molecule has 1 unspecified atom stereocenters. The summed E-state index contributed by atoms with van der Waals surface area (Å²) in [4.78, 5) is 20.5. The monoisotopic (exact) mass is 314 g/mol. The number of anilines is 1. The molecule has 1 atom stereocenters. The number of carbonyl (C=O) groups excluding carboxylic acids is 1. The summed E-state index contributed by atoms with van der Waals surface area (Å²) in [7, 11) is 0. The molecule has 0 saturated carbocycles. The second kappa shape index (κ2) is 5.08. The van der Waals surface area contributed by atoms with Crippen molar-refractivity contribution in [2.45, 2.75) is 19.9 Å². The fourth-order valence-corrected chi connectivity index (χ4v) is 3.65. The maximum Gasteiger partial charge on any atom is 0.317 e. The van der Waals surface area contributed by atoms with Crippen LogP contribution < -0.4 is 10.2 Å². The molecule has 2 saturated heterocycles. The fraction of sp³-hybridized carbons (Fsp3) is 0.412. The Bertz CT molecular complexity index is 807. The SMILES string of the molecule is Cc1nc2ccc(F)cc2c(N2CCN3C(=O)NCC3C2)c1C. The van der Waals surface area contributed by atoms with Gasteiger partial charge in [-0.15, -0.1) is 0 Å². The second-order valence-corrected chi connectivity index (χ2v) is 6.31. The van der Waals surface area contributed by atoms with Crippen LogP contribution >= 0.6 is 0 Å². The van der Waals surface area contributed by atoms with Crippen LogP contribution in [0.1, 0.15) is 11.3 Å². The van der Waals surface area contributed by atoms with Crippen LogP contribution in [-0.2, 0) is 0 Å². The number of hydrogen-bond acceptors (Lipinski definition) is 3. The predicted octanol–water partition coefficient (Wildman–Crippen LogP) is 2.20. The summed E-state index contributed by atoms with van der Waals surface area (Å²) < 4.78 is 13.8. The Morgan fingerprint density at radius 3 is 2.96 bits per heavy atom. The minimum absolute atomic E-state index is 0.0215. The summed E-state index contributed by atoms with van der Waals surface area (Å²) in [6.45, 7) is 6.89. The minimum atomic E-state index is -0.250. The first kappa shape index (κ1) is 14.2. The van der Waals surface area contributed by atoms with Gasteiger partial charge in [0, 0.05) is 37.3 Å². The lowest BCUT2D eigenvalue weighted by molar-refractivity contribution is 0.198. The van der Waals surface area contributed by atoms with Crippen LogP contribution in [0, 0.1) is 19.7 Å². The average Bonchev–Trinajstić information content (AvgIpc) is 2.90. The Kier molecular flexibility index (Phi) is 3.14. The molecule has 3 heterocycles. The van der Waals surface area contributed by atoms with Crippen LogP contribution in [0.15, 0.2) is 18.2 Å². The Hall–Kier alpha value is -2.37. The number of nitrogens with zero attached hydrogens (tertiary/aromatic N) is 3. The third-order valence-corrected chi connectivity index (χ3v) is 4.95. The molecular weight excluding hydrogens is 295 g/mol. The van der Waals surface area contributed by atoms with Gasteiger partial charge in [0.05, 0.1) is 17.2 Å². The van der Waals surface area contributed by atoms with E-state index in [4.69, 9.17) is 0 Å². The highest BCUT2D eigenvalue weighted by Crippen LogP contribution is 2.33. The van der Waals surface area contributed by atoms with Gasteiger partial charge in [0.15, 0.2) is 0 Å². The van der Waals surface area contributed by atoms with Gasteiger partial charge in [-0.05, 0) is 37.6 Å². The standard InChI is InChI=1S/C17H19FN4O/c1-10-11(2)20-15-4-3-12(18)7-14(15)16(10)21-5-6-22-13(9-21)8-19-17(22)23/h3-4,7,13H,5-6,8-9H2,1-2H3,(H,19,23). The van der Waals surface area contributed by atoms with Crippen molar-refractivity contribution in [1.82, 2.24) is 15.2 Å². The Morgan fingerprint density at radius 2 is 2.13 bits per heavy atom. The first-order chi connectivity index (χ1) is 11.0. The number of amides is 2. The number of urea groups is 1. The topological polar surface area (TPSA) is 48.5 Å². The number of hydrogen-bond donors (Lipinski definition) is 1. The highest BCUT2D eigenvalue weighted by atomic mass is 19.1. The molecular formula is C17H19FN4O. The molecule has 2 amide bonds. The highest BCUT2D eigenvalue weighted by molar-refractivity contribution is 5.94. The molecule has 2 aromatic rings. The van der Waals surface area contributed by atoms with Crippen LogP contribution in [0.2, 0.25) is 0 Å². The zero-order valence-corrected chi connectivity index (χ0v) is 13.3. The smallest absolute Gasteiger partial charge is 0.317 e. The van der Waals surface area contributed by atoms with E-state index < -0.39 is 0 Å². The number of benzene rings is 1. The average molecular weight is 314 g/mol. The van der Waals surface area contributed by atoms with Crippen LogP contribution in [0.25, 0.3) is 10.9 Å². The summed E-state index contributed by atoms with van der Waals surface area (Å²) in [6.07, 6.45) is 0. The summed E-state index contributed by atoms with van der Waals surface area (Å²) in [5.41, 5.74) is 3.90. The summed E-state index contributed by atoms with van der Waals surface area (Å²) in [5.74, 6) is -0.250. The van der Waals surface area contributed by atoms with Crippen molar-refractivity contribution in [2.75, 3.05) is 31.1 Å². The van der Waals surface area contributed by atoms with Crippen LogP contribution in [-0.4, -0.2) is 48.1 Å². The number of carbonyl (C=O) groups is 1. The number of pyridine rings is 1. The fourth-order valence-electron chi connectivity index (χ4n) is 3.65. The summed E-state index contributed by atoms with van der Waals surface area (Å²) >= 11 is 0. The lowest BCUT2D eigenvalue weighted by Crippen LogP contribution is -2.52. The molecule has 1 aromatic carbocycles. The summed E-state index contributed by atoms with van der Waals surface area (Å²) in [5, 5.41) is 3.74. The third-order valence-electron chi connectivity index (χ3n) is 4.95. The van der Waals surface area contributed by atoms with E-state index in [9.17, 15) is 9.18 Å². The number of halogens is 1. The van der Waals surface area contributed by atoms with Crippen LogP contribution in [0.3, 0.4) is 0 Å². The number of piperazine rings is 1. The molecule has 1 aromatic heterocycles. The number of aromatic nitrogens is 1. The van der Waals surface area contributed by atoms with Gasteiger partial charge >= 0.3 is 6.03 Å². The van der Waals surface area contributed by atoms with Crippen molar-refractivity contribution in [3.63, 3.8) is 0 Å². The molecule has 5 nitrogen and oxygen atoms in total. The quantitative estimate of drug-likeness (QED) is 0.878. The first-order valence-corrected chi connectivity index (χ1v) is 7.90. The van der Waals surface area contributed by atoms with Gasteiger partial charge in [-0.3, -0.25) is 4.98 Å². The van der Waals surface area contributed by atoms with Crippen LogP contribution in [0.4, 0.5) is 14.9 Å². The van der Waals surface area contributed by atoms with E-state index in [2.05, 4.69) is 15.2 Å². The van der Waals surface area contributed by atoms with E-state index in [-0.39, 0.29) is 17.9 Å². The van der Waals surface area contributed by atoms with Crippen LogP contribution in [0.5, 0.6) is 0 Å². The molecule has 4 rings (SSSR count).